The average Bonchev–Trinajstić information content (AvgIpc) is 2.63. The summed E-state index contributed by atoms with van der Waals surface area (Å²) in [7, 11) is 0. The van der Waals surface area contributed by atoms with Gasteiger partial charge in [0.05, 0.1) is 13.1 Å². The van der Waals surface area contributed by atoms with Gasteiger partial charge < -0.3 is 19.8 Å². The van der Waals surface area contributed by atoms with Crippen molar-refractivity contribution in [2.24, 2.45) is 5.41 Å². The molecule has 1 heterocycles. The van der Waals surface area contributed by atoms with Gasteiger partial charge in [-0.05, 0) is 0 Å². The van der Waals surface area contributed by atoms with Crippen LogP contribution >= 0.6 is 0 Å². The molecule has 172 valence electrons. The van der Waals surface area contributed by atoms with Gasteiger partial charge >= 0.3 is 11.9 Å². The van der Waals surface area contributed by atoms with Gasteiger partial charge in [0.15, 0.2) is 0 Å². The minimum Gasteiger partial charge on any atom is -0.480 e. The number of ether oxygens (including phenoxy) is 1. The molecule has 1 saturated heterocycles. The average molecular weight is 431 g/mol. The summed E-state index contributed by atoms with van der Waals surface area (Å²) in [4.78, 5) is 52.9. The van der Waals surface area contributed by atoms with Gasteiger partial charge in [-0.25, -0.2) is 0 Å². The number of aliphatic carboxylic acids is 2. The van der Waals surface area contributed by atoms with E-state index in [1.165, 1.54) is 0 Å². The van der Waals surface area contributed by atoms with Gasteiger partial charge in [-0.15, -0.1) is 0 Å². The molecule has 1 rings (SSSR count). The van der Waals surface area contributed by atoms with Crippen LogP contribution in [0.15, 0.2) is 0 Å². The van der Waals surface area contributed by atoms with E-state index in [0.717, 1.165) is 0 Å². The molecule has 1 aliphatic heterocycles. The van der Waals surface area contributed by atoms with E-state index < -0.39 is 17.4 Å². The van der Waals surface area contributed by atoms with Gasteiger partial charge in [0.1, 0.15) is 6.73 Å². The number of amides is 1. The number of carbonyl (C=O) groups excluding carboxylic acids is 2. The first kappa shape index (κ1) is 25.8. The summed E-state index contributed by atoms with van der Waals surface area (Å²) in [6, 6.07) is 0. The van der Waals surface area contributed by atoms with Crippen molar-refractivity contribution >= 4 is 24.3 Å². The Morgan fingerprint density at radius 1 is 0.800 bits per heavy atom. The molecule has 0 spiro atoms. The van der Waals surface area contributed by atoms with Crippen molar-refractivity contribution < 1.29 is 34.1 Å². The van der Waals surface area contributed by atoms with Crippen LogP contribution in [0.3, 0.4) is 0 Å². The summed E-state index contributed by atoms with van der Waals surface area (Å²) in [6.07, 6.45) is 0. The van der Waals surface area contributed by atoms with Crippen molar-refractivity contribution in [3.63, 3.8) is 0 Å². The second kappa shape index (κ2) is 12.5. The number of carboxylic acid groups (broad SMARTS) is 2. The molecule has 11 nitrogen and oxygen atoms in total. The topological polar surface area (TPSA) is 131 Å². The normalized spacial score (nSPS) is 18.8. The Bertz CT molecular complexity index is 594. The summed E-state index contributed by atoms with van der Waals surface area (Å²) in [6.45, 7) is 8.66. The standard InChI is InChI=1S/C19H34N4O7/c1-19(2,3)18(29)23-10-8-21(13-17(27)28)5-4-20(12-16(25)26)6-7-22(9-11-23)14-30-15-24/h15H,4-14H2,1-3H3,(H,25,26)(H,27,28). The SMILES string of the molecule is CC(C)(C)C(=O)N1CCN(COC=O)CCN(CC(=O)O)CCN(CC(=O)O)CC1. The lowest BCUT2D eigenvalue weighted by Crippen LogP contribution is -2.50. The summed E-state index contributed by atoms with van der Waals surface area (Å²) in [5, 5.41) is 18.4. The highest BCUT2D eigenvalue weighted by Gasteiger charge is 2.28. The number of carbonyl (C=O) groups is 4. The van der Waals surface area contributed by atoms with Crippen molar-refractivity contribution in [3.05, 3.63) is 0 Å². The molecule has 30 heavy (non-hydrogen) atoms. The molecule has 0 saturated carbocycles. The van der Waals surface area contributed by atoms with E-state index in [1.807, 2.05) is 25.7 Å². The van der Waals surface area contributed by atoms with Crippen molar-refractivity contribution in [2.45, 2.75) is 20.8 Å². The zero-order valence-corrected chi connectivity index (χ0v) is 18.1. The van der Waals surface area contributed by atoms with E-state index in [1.54, 1.807) is 14.7 Å². The van der Waals surface area contributed by atoms with Crippen LogP contribution in [0.1, 0.15) is 20.8 Å². The zero-order valence-electron chi connectivity index (χ0n) is 18.1. The van der Waals surface area contributed by atoms with Crippen LogP contribution in [0.5, 0.6) is 0 Å². The minimum atomic E-state index is -0.974. The quantitative estimate of drug-likeness (QED) is 0.489. The molecule has 0 radical (unpaired) electrons. The van der Waals surface area contributed by atoms with E-state index in [-0.39, 0.29) is 25.7 Å². The van der Waals surface area contributed by atoms with Crippen LogP contribution in [-0.2, 0) is 23.9 Å². The third-order valence-electron chi connectivity index (χ3n) is 4.81. The van der Waals surface area contributed by atoms with Gasteiger partial charge in [0, 0.05) is 57.8 Å². The van der Waals surface area contributed by atoms with Gasteiger partial charge in [-0.1, -0.05) is 20.8 Å². The van der Waals surface area contributed by atoms with Crippen LogP contribution < -0.4 is 0 Å². The van der Waals surface area contributed by atoms with E-state index in [0.29, 0.717) is 58.8 Å². The van der Waals surface area contributed by atoms with Gasteiger partial charge in [-0.2, -0.15) is 0 Å². The second-order valence-electron chi connectivity index (χ2n) is 8.39. The van der Waals surface area contributed by atoms with Crippen molar-refractivity contribution in [1.29, 1.82) is 0 Å². The van der Waals surface area contributed by atoms with E-state index in [2.05, 4.69) is 0 Å². The van der Waals surface area contributed by atoms with Crippen molar-refractivity contribution in [3.8, 4) is 0 Å². The van der Waals surface area contributed by atoms with Crippen LogP contribution in [0.25, 0.3) is 0 Å². The number of carboxylic acids is 2. The lowest BCUT2D eigenvalue weighted by atomic mass is 9.94. The summed E-state index contributed by atoms with van der Waals surface area (Å²) >= 11 is 0. The molecule has 0 atom stereocenters. The fourth-order valence-electron chi connectivity index (χ4n) is 3.18. The first-order valence-electron chi connectivity index (χ1n) is 9.98. The molecule has 1 amide bonds. The Hall–Kier alpha value is -2.24. The Kier molecular flexibility index (Phi) is 10.7. The summed E-state index contributed by atoms with van der Waals surface area (Å²) < 4.78 is 4.87. The van der Waals surface area contributed by atoms with Crippen molar-refractivity contribution in [1.82, 2.24) is 19.6 Å². The minimum absolute atomic E-state index is 0.0430. The maximum atomic E-state index is 12.9. The number of nitrogens with zero attached hydrogens (tertiary/aromatic N) is 4. The molecule has 0 aromatic carbocycles. The predicted molar refractivity (Wildman–Crippen MR) is 108 cm³/mol. The van der Waals surface area contributed by atoms with Gasteiger partial charge in [0.2, 0.25) is 5.91 Å². The van der Waals surface area contributed by atoms with Gasteiger partial charge in [0.25, 0.3) is 6.47 Å². The highest BCUT2D eigenvalue weighted by Crippen LogP contribution is 2.17. The molecule has 0 aromatic heterocycles. The van der Waals surface area contributed by atoms with E-state index in [4.69, 9.17) is 9.84 Å². The Balaban J connectivity index is 3.01. The van der Waals surface area contributed by atoms with Crippen LogP contribution in [0, 0.1) is 5.41 Å². The lowest BCUT2D eigenvalue weighted by Gasteiger charge is -2.35. The molecule has 0 bridgehead atoms. The predicted octanol–water partition coefficient (Wildman–Crippen LogP) is -0.920. The van der Waals surface area contributed by atoms with E-state index >= 15 is 0 Å². The van der Waals surface area contributed by atoms with Crippen LogP contribution in [0.4, 0.5) is 0 Å². The van der Waals surface area contributed by atoms with E-state index in [9.17, 15) is 24.3 Å². The lowest BCUT2D eigenvalue weighted by molar-refractivity contribution is -0.142. The van der Waals surface area contributed by atoms with Crippen LogP contribution in [-0.4, -0.2) is 126 Å². The fraction of sp³-hybridized carbons (Fsp3) is 0.789. The molecule has 11 heteroatoms. The summed E-state index contributed by atoms with van der Waals surface area (Å²) in [5.74, 6) is -1.99. The maximum absolute atomic E-state index is 12.9. The molecule has 0 aromatic rings. The molecule has 1 aliphatic rings. The molecule has 0 unspecified atom stereocenters. The van der Waals surface area contributed by atoms with Crippen LogP contribution in [0.2, 0.25) is 0 Å². The first-order valence-corrected chi connectivity index (χ1v) is 9.98. The molecule has 2 N–H and O–H groups in total. The third kappa shape index (κ3) is 9.99. The Morgan fingerprint density at radius 2 is 1.20 bits per heavy atom. The molecule has 1 fully saturated rings. The first-order chi connectivity index (χ1) is 14.0. The number of hydrogen-bond acceptors (Lipinski definition) is 8. The zero-order chi connectivity index (χ0) is 22.7. The number of rotatable bonds is 7. The van der Waals surface area contributed by atoms with Crippen molar-refractivity contribution in [2.75, 3.05) is 72.2 Å². The largest absolute Gasteiger partial charge is 0.480 e. The smallest absolute Gasteiger partial charge is 0.317 e. The Morgan fingerprint density at radius 3 is 1.60 bits per heavy atom. The molecule has 0 aliphatic carbocycles. The van der Waals surface area contributed by atoms with Gasteiger partial charge in [-0.3, -0.25) is 33.9 Å². The number of hydrogen-bond donors (Lipinski definition) is 2. The second-order valence-corrected chi connectivity index (χ2v) is 8.39. The molecular weight excluding hydrogens is 396 g/mol. The highest BCUT2D eigenvalue weighted by atomic mass is 16.5. The Labute approximate surface area is 177 Å². The maximum Gasteiger partial charge on any atom is 0.317 e. The summed E-state index contributed by atoms with van der Waals surface area (Å²) in [5.41, 5.74) is -0.586. The third-order valence-corrected chi connectivity index (χ3v) is 4.81. The monoisotopic (exact) mass is 430 g/mol. The fourth-order valence-corrected chi connectivity index (χ4v) is 3.18. The molecular formula is C19H34N4O7. The highest BCUT2D eigenvalue weighted by molar-refractivity contribution is 5.81.